The summed E-state index contributed by atoms with van der Waals surface area (Å²) >= 11 is 0. The number of aliphatic hydroxyl groups excluding tert-OH is 1. The molecule has 0 aromatic heterocycles. The minimum Gasteiger partial charge on any atom is -0.394 e. The van der Waals surface area contributed by atoms with Crippen LogP contribution in [0.25, 0.3) is 0 Å². The summed E-state index contributed by atoms with van der Waals surface area (Å²) in [5.74, 6) is 0. The molecule has 0 amide bonds. The fourth-order valence-electron chi connectivity index (χ4n) is 1.67. The van der Waals surface area contributed by atoms with Crippen molar-refractivity contribution in [2.75, 3.05) is 26.9 Å². The van der Waals surface area contributed by atoms with E-state index < -0.39 is 0 Å². The molecule has 0 aromatic carbocycles. The van der Waals surface area contributed by atoms with Crippen molar-refractivity contribution >= 4 is 0 Å². The van der Waals surface area contributed by atoms with Crippen molar-refractivity contribution in [3.8, 4) is 0 Å². The van der Waals surface area contributed by atoms with Gasteiger partial charge in [0, 0.05) is 18.8 Å². The SMILES string of the molecule is CCCCCCCCOCCC(C)(CO)NC. The average molecular weight is 245 g/mol. The van der Waals surface area contributed by atoms with Crippen molar-refractivity contribution in [3.63, 3.8) is 0 Å². The van der Waals surface area contributed by atoms with E-state index in [-0.39, 0.29) is 12.1 Å². The molecule has 0 fully saturated rings. The van der Waals surface area contributed by atoms with Crippen LogP contribution in [-0.2, 0) is 4.74 Å². The Balaban J connectivity index is 3.23. The molecule has 17 heavy (non-hydrogen) atoms. The van der Waals surface area contributed by atoms with E-state index in [9.17, 15) is 5.11 Å². The molecule has 0 spiro atoms. The largest absolute Gasteiger partial charge is 0.394 e. The maximum absolute atomic E-state index is 9.19. The Kier molecular flexibility index (Phi) is 10.9. The predicted octanol–water partition coefficient (Wildman–Crippen LogP) is 2.72. The van der Waals surface area contributed by atoms with Gasteiger partial charge in [-0.25, -0.2) is 0 Å². The van der Waals surface area contributed by atoms with E-state index in [4.69, 9.17) is 4.74 Å². The van der Waals surface area contributed by atoms with Crippen molar-refractivity contribution < 1.29 is 9.84 Å². The fourth-order valence-corrected chi connectivity index (χ4v) is 1.67. The zero-order valence-electron chi connectivity index (χ0n) is 11.9. The highest BCUT2D eigenvalue weighted by Crippen LogP contribution is 2.08. The van der Waals surface area contributed by atoms with Crippen LogP contribution in [0.3, 0.4) is 0 Å². The Bertz CT molecular complexity index is 158. The molecule has 0 aromatic rings. The van der Waals surface area contributed by atoms with Crippen LogP contribution in [-0.4, -0.2) is 37.5 Å². The topological polar surface area (TPSA) is 41.5 Å². The maximum atomic E-state index is 9.19. The first-order valence-corrected chi connectivity index (χ1v) is 7.06. The number of likely N-dealkylation sites (N-methyl/N-ethyl adjacent to an activating group) is 1. The van der Waals surface area contributed by atoms with Gasteiger partial charge >= 0.3 is 0 Å². The molecule has 0 aliphatic heterocycles. The fraction of sp³-hybridized carbons (Fsp3) is 1.00. The molecule has 0 aliphatic rings. The first kappa shape index (κ1) is 16.9. The summed E-state index contributed by atoms with van der Waals surface area (Å²) in [4.78, 5) is 0. The monoisotopic (exact) mass is 245 g/mol. The molecule has 0 bridgehead atoms. The molecule has 1 unspecified atom stereocenters. The van der Waals surface area contributed by atoms with Gasteiger partial charge in [0.1, 0.15) is 0 Å². The van der Waals surface area contributed by atoms with E-state index in [0.717, 1.165) is 19.6 Å². The zero-order valence-corrected chi connectivity index (χ0v) is 11.9. The van der Waals surface area contributed by atoms with Crippen LogP contribution in [0, 0.1) is 0 Å². The van der Waals surface area contributed by atoms with Gasteiger partial charge in [-0.15, -0.1) is 0 Å². The molecule has 3 heteroatoms. The molecule has 104 valence electrons. The lowest BCUT2D eigenvalue weighted by Gasteiger charge is -2.26. The van der Waals surface area contributed by atoms with Crippen molar-refractivity contribution in [2.24, 2.45) is 0 Å². The summed E-state index contributed by atoms with van der Waals surface area (Å²) in [5, 5.41) is 12.3. The quantitative estimate of drug-likeness (QED) is 0.519. The summed E-state index contributed by atoms with van der Waals surface area (Å²) in [5.41, 5.74) is -0.193. The lowest BCUT2D eigenvalue weighted by atomic mass is 10.0. The normalized spacial score (nSPS) is 14.8. The number of hydrogen-bond acceptors (Lipinski definition) is 3. The lowest BCUT2D eigenvalue weighted by Crippen LogP contribution is -2.44. The van der Waals surface area contributed by atoms with E-state index in [0.29, 0.717) is 0 Å². The first-order chi connectivity index (χ1) is 8.18. The van der Waals surface area contributed by atoms with Crippen LogP contribution in [0.15, 0.2) is 0 Å². The standard InChI is InChI=1S/C14H31NO2/c1-4-5-6-7-8-9-11-17-12-10-14(2,13-16)15-3/h15-16H,4-13H2,1-3H3. The van der Waals surface area contributed by atoms with E-state index in [1.807, 2.05) is 14.0 Å². The molecular weight excluding hydrogens is 214 g/mol. The third kappa shape index (κ3) is 9.57. The summed E-state index contributed by atoms with van der Waals surface area (Å²) in [6.07, 6.45) is 8.66. The number of rotatable bonds is 12. The van der Waals surface area contributed by atoms with E-state index in [1.54, 1.807) is 0 Å². The minimum absolute atomic E-state index is 0.157. The second-order valence-corrected chi connectivity index (χ2v) is 5.10. The van der Waals surface area contributed by atoms with Gasteiger partial charge in [-0.05, 0) is 26.8 Å². The van der Waals surface area contributed by atoms with Gasteiger partial charge in [0.15, 0.2) is 0 Å². The molecule has 0 radical (unpaired) electrons. The second kappa shape index (κ2) is 11.0. The van der Waals surface area contributed by atoms with Gasteiger partial charge in [-0.3, -0.25) is 0 Å². The first-order valence-electron chi connectivity index (χ1n) is 7.06. The summed E-state index contributed by atoms with van der Waals surface area (Å²) < 4.78 is 5.59. The minimum atomic E-state index is -0.193. The Morgan fingerprint density at radius 1 is 1.06 bits per heavy atom. The molecular formula is C14H31NO2. The average Bonchev–Trinajstić information content (AvgIpc) is 2.36. The molecule has 3 nitrogen and oxygen atoms in total. The molecule has 0 aliphatic carbocycles. The van der Waals surface area contributed by atoms with Crippen LogP contribution in [0.2, 0.25) is 0 Å². The predicted molar refractivity (Wildman–Crippen MR) is 73.4 cm³/mol. The Hall–Kier alpha value is -0.120. The Labute approximate surface area is 107 Å². The van der Waals surface area contributed by atoms with Gasteiger partial charge in [0.25, 0.3) is 0 Å². The van der Waals surface area contributed by atoms with Crippen LogP contribution in [0.4, 0.5) is 0 Å². The highest BCUT2D eigenvalue weighted by molar-refractivity contribution is 4.79. The summed E-state index contributed by atoms with van der Waals surface area (Å²) in [7, 11) is 1.88. The number of hydrogen-bond donors (Lipinski definition) is 2. The molecule has 1 atom stereocenters. The molecule has 2 N–H and O–H groups in total. The van der Waals surface area contributed by atoms with Gasteiger partial charge in [0.05, 0.1) is 6.61 Å². The van der Waals surface area contributed by atoms with Crippen molar-refractivity contribution in [1.82, 2.24) is 5.32 Å². The van der Waals surface area contributed by atoms with Crippen LogP contribution < -0.4 is 5.32 Å². The van der Waals surface area contributed by atoms with Crippen LogP contribution in [0.5, 0.6) is 0 Å². The van der Waals surface area contributed by atoms with Crippen LogP contribution >= 0.6 is 0 Å². The van der Waals surface area contributed by atoms with Crippen molar-refractivity contribution in [1.29, 1.82) is 0 Å². The molecule has 0 saturated carbocycles. The number of nitrogens with one attached hydrogen (secondary N) is 1. The molecule has 0 rings (SSSR count). The van der Waals surface area contributed by atoms with E-state index >= 15 is 0 Å². The highest BCUT2D eigenvalue weighted by atomic mass is 16.5. The second-order valence-electron chi connectivity index (χ2n) is 5.10. The Morgan fingerprint density at radius 2 is 1.71 bits per heavy atom. The van der Waals surface area contributed by atoms with Gasteiger partial charge in [-0.2, -0.15) is 0 Å². The van der Waals surface area contributed by atoms with Crippen molar-refractivity contribution in [2.45, 2.75) is 64.3 Å². The highest BCUT2D eigenvalue weighted by Gasteiger charge is 2.19. The zero-order chi connectivity index (χ0) is 13.0. The lowest BCUT2D eigenvalue weighted by molar-refractivity contribution is 0.0876. The van der Waals surface area contributed by atoms with Crippen molar-refractivity contribution in [3.05, 3.63) is 0 Å². The third-order valence-electron chi connectivity index (χ3n) is 3.39. The third-order valence-corrected chi connectivity index (χ3v) is 3.39. The van der Waals surface area contributed by atoms with Gasteiger partial charge in [0.2, 0.25) is 0 Å². The number of aliphatic hydroxyl groups is 1. The van der Waals surface area contributed by atoms with Gasteiger partial charge in [-0.1, -0.05) is 39.0 Å². The number of ether oxygens (including phenoxy) is 1. The molecule has 0 saturated heterocycles. The van der Waals surface area contributed by atoms with E-state index in [2.05, 4.69) is 12.2 Å². The smallest absolute Gasteiger partial charge is 0.0611 e. The van der Waals surface area contributed by atoms with Gasteiger partial charge < -0.3 is 15.2 Å². The number of unbranched alkanes of at least 4 members (excludes halogenated alkanes) is 5. The summed E-state index contributed by atoms with van der Waals surface area (Å²) in [6, 6.07) is 0. The maximum Gasteiger partial charge on any atom is 0.0611 e. The summed E-state index contributed by atoms with van der Waals surface area (Å²) in [6.45, 7) is 6.00. The van der Waals surface area contributed by atoms with E-state index in [1.165, 1.54) is 38.5 Å². The molecule has 0 heterocycles. The Morgan fingerprint density at radius 3 is 2.29 bits per heavy atom. The van der Waals surface area contributed by atoms with Crippen LogP contribution in [0.1, 0.15) is 58.8 Å².